The number of hydrogen-bond acceptors (Lipinski definition) is 3. The van der Waals surface area contributed by atoms with E-state index in [0.717, 1.165) is 16.7 Å². The molecule has 2 aromatic carbocycles. The summed E-state index contributed by atoms with van der Waals surface area (Å²) in [4.78, 5) is 13.2. The van der Waals surface area contributed by atoms with Gasteiger partial charge in [-0.1, -0.05) is 60.7 Å². The van der Waals surface area contributed by atoms with Gasteiger partial charge in [0.1, 0.15) is 0 Å². The van der Waals surface area contributed by atoms with Crippen molar-refractivity contribution < 1.29 is 14.3 Å². The summed E-state index contributed by atoms with van der Waals surface area (Å²) in [5.74, 6) is -1.74. The molecule has 0 aromatic heterocycles. The van der Waals surface area contributed by atoms with E-state index < -0.39 is 11.4 Å². The number of Topliss-reactive ketones (excluding diaryl/α,β-unsaturated/α-hetero) is 1. The first-order valence-corrected chi connectivity index (χ1v) is 7.98. The van der Waals surface area contributed by atoms with Crippen LogP contribution in [0.5, 0.6) is 0 Å². The lowest BCUT2D eigenvalue weighted by Gasteiger charge is -2.44. The molecular weight excluding hydrogens is 300 g/mol. The Bertz CT molecular complexity index is 802. The zero-order valence-corrected chi connectivity index (χ0v) is 14.6. The van der Waals surface area contributed by atoms with Gasteiger partial charge in [0, 0.05) is 18.2 Å². The van der Waals surface area contributed by atoms with Gasteiger partial charge in [-0.3, -0.25) is 4.79 Å². The number of aryl methyl sites for hydroxylation is 1. The van der Waals surface area contributed by atoms with Crippen LogP contribution in [0.15, 0.2) is 55.1 Å². The lowest BCUT2D eigenvalue weighted by Crippen LogP contribution is -2.53. The number of ether oxygens (including phenoxy) is 2. The van der Waals surface area contributed by atoms with Gasteiger partial charge in [0.2, 0.25) is 5.78 Å². The van der Waals surface area contributed by atoms with E-state index in [1.807, 2.05) is 69.3 Å². The topological polar surface area (TPSA) is 35.5 Å². The summed E-state index contributed by atoms with van der Waals surface area (Å²) in [7, 11) is 1.49. The van der Waals surface area contributed by atoms with Crippen molar-refractivity contribution in [1.29, 1.82) is 0 Å². The summed E-state index contributed by atoms with van der Waals surface area (Å²) in [6, 6.07) is 15.3. The quantitative estimate of drug-likeness (QED) is 0.834. The fraction of sp³-hybridized carbons (Fsp3) is 0.286. The standard InChI is InChI=1S/C21H22O3/c1-14-10-12-16(13-11-14)15(2)21(23-5)19(22)17-8-6-7-9-18(17)20(3,4)24-21/h6-13H,2H2,1,3-5H3. The van der Waals surface area contributed by atoms with Crippen molar-refractivity contribution in [1.82, 2.24) is 0 Å². The molecule has 124 valence electrons. The van der Waals surface area contributed by atoms with E-state index in [4.69, 9.17) is 9.47 Å². The van der Waals surface area contributed by atoms with Crippen LogP contribution in [-0.2, 0) is 15.1 Å². The van der Waals surface area contributed by atoms with Gasteiger partial charge in [0.25, 0.3) is 5.79 Å². The molecule has 0 radical (unpaired) electrons. The minimum atomic E-state index is -1.52. The largest absolute Gasteiger partial charge is 0.343 e. The molecule has 0 saturated carbocycles. The molecule has 24 heavy (non-hydrogen) atoms. The number of carbonyl (C=O) groups excluding carboxylic acids is 1. The molecule has 0 N–H and O–H groups in total. The van der Waals surface area contributed by atoms with E-state index in [9.17, 15) is 4.79 Å². The van der Waals surface area contributed by atoms with Crippen LogP contribution >= 0.6 is 0 Å². The molecule has 1 aliphatic heterocycles. The molecule has 0 amide bonds. The second-order valence-electron chi connectivity index (χ2n) is 6.65. The maximum Gasteiger partial charge on any atom is 0.261 e. The van der Waals surface area contributed by atoms with E-state index in [1.54, 1.807) is 0 Å². The SMILES string of the molecule is C=C(c1ccc(C)cc1)C1(OC)OC(C)(C)c2ccccc2C1=O. The summed E-state index contributed by atoms with van der Waals surface area (Å²) >= 11 is 0. The number of benzene rings is 2. The minimum Gasteiger partial charge on any atom is -0.343 e. The Kier molecular flexibility index (Phi) is 3.94. The van der Waals surface area contributed by atoms with Crippen LogP contribution in [0.4, 0.5) is 0 Å². The Morgan fingerprint density at radius 2 is 1.71 bits per heavy atom. The summed E-state index contributed by atoms with van der Waals surface area (Å²) in [5.41, 5.74) is 3.28. The summed E-state index contributed by atoms with van der Waals surface area (Å²) in [5, 5.41) is 0. The smallest absolute Gasteiger partial charge is 0.261 e. The second-order valence-corrected chi connectivity index (χ2v) is 6.65. The van der Waals surface area contributed by atoms with Crippen LogP contribution in [0, 0.1) is 6.92 Å². The van der Waals surface area contributed by atoms with Crippen molar-refractivity contribution in [2.45, 2.75) is 32.2 Å². The molecule has 1 aliphatic rings. The van der Waals surface area contributed by atoms with Gasteiger partial charge in [-0.15, -0.1) is 0 Å². The molecule has 0 aliphatic carbocycles. The van der Waals surface area contributed by atoms with Gasteiger partial charge in [0.15, 0.2) is 0 Å². The van der Waals surface area contributed by atoms with Crippen LogP contribution in [0.2, 0.25) is 0 Å². The molecule has 0 saturated heterocycles. The molecule has 3 rings (SSSR count). The summed E-state index contributed by atoms with van der Waals surface area (Å²) in [6.45, 7) is 10.0. The van der Waals surface area contributed by atoms with Crippen molar-refractivity contribution in [3.05, 3.63) is 77.4 Å². The van der Waals surface area contributed by atoms with Crippen LogP contribution in [0.25, 0.3) is 5.57 Å². The average molecular weight is 322 g/mol. The minimum absolute atomic E-state index is 0.217. The Balaban J connectivity index is 2.15. The fourth-order valence-electron chi connectivity index (χ4n) is 3.25. The molecule has 1 heterocycles. The lowest BCUT2D eigenvalue weighted by molar-refractivity contribution is -0.214. The van der Waals surface area contributed by atoms with Crippen molar-refractivity contribution in [2.24, 2.45) is 0 Å². The third kappa shape index (κ3) is 2.41. The highest BCUT2D eigenvalue weighted by molar-refractivity contribution is 6.11. The maximum absolute atomic E-state index is 13.2. The highest BCUT2D eigenvalue weighted by atomic mass is 16.7. The van der Waals surface area contributed by atoms with Gasteiger partial charge in [0.05, 0.1) is 5.60 Å². The first-order chi connectivity index (χ1) is 11.3. The molecule has 0 spiro atoms. The number of rotatable bonds is 3. The molecule has 0 fully saturated rings. The predicted molar refractivity (Wildman–Crippen MR) is 94.8 cm³/mol. The highest BCUT2D eigenvalue weighted by Crippen LogP contribution is 2.45. The molecule has 1 unspecified atom stereocenters. The van der Waals surface area contributed by atoms with Crippen LogP contribution in [-0.4, -0.2) is 18.7 Å². The number of methoxy groups -OCH3 is 1. The van der Waals surface area contributed by atoms with Crippen molar-refractivity contribution in [2.75, 3.05) is 7.11 Å². The monoisotopic (exact) mass is 322 g/mol. The first kappa shape index (κ1) is 16.6. The van der Waals surface area contributed by atoms with Crippen molar-refractivity contribution in [3.8, 4) is 0 Å². The summed E-state index contributed by atoms with van der Waals surface area (Å²) < 4.78 is 11.9. The molecule has 0 bridgehead atoms. The van der Waals surface area contributed by atoms with Gasteiger partial charge >= 0.3 is 0 Å². The average Bonchev–Trinajstić information content (AvgIpc) is 2.58. The zero-order valence-electron chi connectivity index (χ0n) is 14.6. The Hall–Kier alpha value is -2.23. The first-order valence-electron chi connectivity index (χ1n) is 7.98. The summed E-state index contributed by atoms with van der Waals surface area (Å²) in [6.07, 6.45) is 0. The molecule has 2 aromatic rings. The number of hydrogen-bond donors (Lipinski definition) is 0. The second kappa shape index (κ2) is 5.69. The van der Waals surface area contributed by atoms with Crippen LogP contribution in [0.3, 0.4) is 0 Å². The third-order valence-corrected chi connectivity index (χ3v) is 4.60. The molecule has 3 nitrogen and oxygen atoms in total. The molecule has 3 heteroatoms. The van der Waals surface area contributed by atoms with Crippen LogP contribution in [0.1, 0.15) is 40.9 Å². The van der Waals surface area contributed by atoms with E-state index in [1.165, 1.54) is 7.11 Å². The fourth-order valence-corrected chi connectivity index (χ4v) is 3.25. The van der Waals surface area contributed by atoms with Gasteiger partial charge in [-0.2, -0.15) is 0 Å². The number of ketones is 1. The zero-order chi connectivity index (χ0) is 17.5. The number of fused-ring (bicyclic) bond motifs is 1. The predicted octanol–water partition coefficient (Wildman–Crippen LogP) is 4.50. The molecule has 1 atom stereocenters. The van der Waals surface area contributed by atoms with Crippen molar-refractivity contribution >= 4 is 11.4 Å². The Labute approximate surface area is 142 Å². The third-order valence-electron chi connectivity index (χ3n) is 4.60. The van der Waals surface area contributed by atoms with E-state index in [2.05, 4.69) is 6.58 Å². The normalized spacial score (nSPS) is 22.1. The highest BCUT2D eigenvalue weighted by Gasteiger charge is 2.53. The lowest BCUT2D eigenvalue weighted by atomic mass is 9.81. The van der Waals surface area contributed by atoms with Crippen molar-refractivity contribution in [3.63, 3.8) is 0 Å². The Morgan fingerprint density at radius 3 is 2.33 bits per heavy atom. The van der Waals surface area contributed by atoms with E-state index in [-0.39, 0.29) is 5.78 Å². The van der Waals surface area contributed by atoms with E-state index >= 15 is 0 Å². The number of carbonyl (C=O) groups is 1. The maximum atomic E-state index is 13.2. The van der Waals surface area contributed by atoms with Gasteiger partial charge in [-0.05, 0) is 31.9 Å². The molecular formula is C21H22O3. The van der Waals surface area contributed by atoms with Gasteiger partial charge in [-0.25, -0.2) is 0 Å². The van der Waals surface area contributed by atoms with Crippen LogP contribution < -0.4 is 0 Å². The van der Waals surface area contributed by atoms with Gasteiger partial charge < -0.3 is 9.47 Å². The Morgan fingerprint density at radius 1 is 1.08 bits per heavy atom. The van der Waals surface area contributed by atoms with E-state index in [0.29, 0.717) is 11.1 Å².